The number of hydrogen-bond donors (Lipinski definition) is 2. The van der Waals surface area contributed by atoms with Gasteiger partial charge in [-0.05, 0) is 48.7 Å². The monoisotopic (exact) mass is 272 g/mol. The van der Waals surface area contributed by atoms with Crippen LogP contribution in [0.4, 0.5) is 5.69 Å². The number of aryl methyl sites for hydroxylation is 1. The van der Waals surface area contributed by atoms with Gasteiger partial charge in [-0.3, -0.25) is 4.98 Å². The molecule has 0 radical (unpaired) electrons. The van der Waals surface area contributed by atoms with Crippen LogP contribution in [0.15, 0.2) is 42.7 Å². The zero-order valence-corrected chi connectivity index (χ0v) is 11.0. The van der Waals surface area contributed by atoms with Gasteiger partial charge >= 0.3 is 5.97 Å². The highest BCUT2D eigenvalue weighted by molar-refractivity contribution is 5.89. The first-order chi connectivity index (χ1) is 9.66. The first-order valence-corrected chi connectivity index (χ1v) is 6.31. The molecule has 0 aliphatic rings. The fourth-order valence-corrected chi connectivity index (χ4v) is 1.80. The summed E-state index contributed by atoms with van der Waals surface area (Å²) in [6, 6.07) is 8.37. The van der Waals surface area contributed by atoms with Gasteiger partial charge < -0.3 is 15.6 Å². The van der Waals surface area contributed by atoms with E-state index in [1.807, 2.05) is 12.1 Å². The zero-order chi connectivity index (χ0) is 14.4. The van der Waals surface area contributed by atoms with E-state index >= 15 is 0 Å². The van der Waals surface area contributed by atoms with E-state index in [9.17, 15) is 4.79 Å². The van der Waals surface area contributed by atoms with Crippen LogP contribution in [0.2, 0.25) is 0 Å². The van der Waals surface area contributed by atoms with E-state index in [0.717, 1.165) is 12.8 Å². The molecule has 1 heterocycles. The van der Waals surface area contributed by atoms with Crippen LogP contribution in [0.1, 0.15) is 22.3 Å². The number of anilines is 1. The summed E-state index contributed by atoms with van der Waals surface area (Å²) in [6.07, 6.45) is 5.21. The molecule has 0 fully saturated rings. The molecule has 0 spiro atoms. The zero-order valence-electron chi connectivity index (χ0n) is 11.0. The van der Waals surface area contributed by atoms with E-state index in [-0.39, 0.29) is 5.56 Å². The smallest absolute Gasteiger partial charge is 0.335 e. The molecule has 1 aromatic carbocycles. The van der Waals surface area contributed by atoms with Crippen molar-refractivity contribution in [2.45, 2.75) is 12.8 Å². The molecule has 20 heavy (non-hydrogen) atoms. The number of aromatic carboxylic acids is 1. The van der Waals surface area contributed by atoms with E-state index in [0.29, 0.717) is 18.0 Å². The second-order valence-corrected chi connectivity index (χ2v) is 4.37. The second kappa shape index (κ2) is 6.56. The maximum absolute atomic E-state index is 10.9. The summed E-state index contributed by atoms with van der Waals surface area (Å²) in [5.74, 6) is -0.578. The van der Waals surface area contributed by atoms with E-state index in [4.69, 9.17) is 15.6 Å². The Hall–Kier alpha value is -2.56. The predicted molar refractivity (Wildman–Crippen MR) is 75.9 cm³/mol. The van der Waals surface area contributed by atoms with Gasteiger partial charge in [0.1, 0.15) is 5.75 Å². The largest absolute Gasteiger partial charge is 0.491 e. The molecule has 0 saturated heterocycles. The number of carbonyl (C=O) groups is 1. The standard InChI is InChI=1S/C15H16N2O3/c16-13-4-3-12(15(18)19)10-14(13)20-9-1-2-11-5-7-17-8-6-11/h3-8,10H,1-2,9,16H2,(H,18,19). The molecular weight excluding hydrogens is 256 g/mol. The lowest BCUT2D eigenvalue weighted by molar-refractivity contribution is 0.0696. The molecule has 0 amide bonds. The van der Waals surface area contributed by atoms with Gasteiger partial charge in [0.25, 0.3) is 0 Å². The maximum Gasteiger partial charge on any atom is 0.335 e. The highest BCUT2D eigenvalue weighted by atomic mass is 16.5. The number of benzene rings is 1. The summed E-state index contributed by atoms with van der Waals surface area (Å²) in [4.78, 5) is 14.8. The van der Waals surface area contributed by atoms with Crippen LogP contribution in [-0.4, -0.2) is 22.7 Å². The summed E-state index contributed by atoms with van der Waals surface area (Å²) in [7, 11) is 0. The molecular formula is C15H16N2O3. The van der Waals surface area contributed by atoms with Crippen molar-refractivity contribution in [1.29, 1.82) is 0 Å². The number of pyridine rings is 1. The Labute approximate surface area is 117 Å². The first kappa shape index (κ1) is 13.9. The van der Waals surface area contributed by atoms with Gasteiger partial charge in [-0.25, -0.2) is 4.79 Å². The fourth-order valence-electron chi connectivity index (χ4n) is 1.80. The van der Waals surface area contributed by atoms with E-state index < -0.39 is 5.97 Å². The molecule has 1 aromatic heterocycles. The summed E-state index contributed by atoms with van der Waals surface area (Å²) in [6.45, 7) is 0.482. The van der Waals surface area contributed by atoms with Crippen molar-refractivity contribution in [2.75, 3.05) is 12.3 Å². The Balaban J connectivity index is 1.88. The number of rotatable bonds is 6. The Bertz CT molecular complexity index is 585. The minimum atomic E-state index is -0.994. The molecule has 5 nitrogen and oxygen atoms in total. The lowest BCUT2D eigenvalue weighted by Gasteiger charge is -2.09. The van der Waals surface area contributed by atoms with Crippen LogP contribution < -0.4 is 10.5 Å². The summed E-state index contributed by atoms with van der Waals surface area (Å²) in [5, 5.41) is 8.92. The minimum absolute atomic E-state index is 0.170. The van der Waals surface area contributed by atoms with Crippen LogP contribution in [0.3, 0.4) is 0 Å². The molecule has 0 aliphatic heterocycles. The number of carboxylic acid groups (broad SMARTS) is 1. The van der Waals surface area contributed by atoms with Crippen LogP contribution >= 0.6 is 0 Å². The molecule has 104 valence electrons. The van der Waals surface area contributed by atoms with Crippen molar-refractivity contribution in [2.24, 2.45) is 0 Å². The van der Waals surface area contributed by atoms with Crippen molar-refractivity contribution in [3.8, 4) is 5.75 Å². The number of carboxylic acids is 1. The normalized spacial score (nSPS) is 10.2. The Morgan fingerprint density at radius 1 is 1.25 bits per heavy atom. The number of ether oxygens (including phenoxy) is 1. The molecule has 2 aromatic rings. The molecule has 2 rings (SSSR count). The average molecular weight is 272 g/mol. The summed E-state index contributed by atoms with van der Waals surface area (Å²) >= 11 is 0. The third kappa shape index (κ3) is 3.71. The lowest BCUT2D eigenvalue weighted by atomic mass is 10.1. The molecule has 3 N–H and O–H groups in total. The van der Waals surface area contributed by atoms with Crippen molar-refractivity contribution in [3.63, 3.8) is 0 Å². The highest BCUT2D eigenvalue weighted by Crippen LogP contribution is 2.23. The SMILES string of the molecule is Nc1ccc(C(=O)O)cc1OCCCc1ccncc1. The fraction of sp³-hybridized carbons (Fsp3) is 0.200. The predicted octanol–water partition coefficient (Wildman–Crippen LogP) is 2.37. The van der Waals surface area contributed by atoms with Gasteiger partial charge in [0.15, 0.2) is 0 Å². The van der Waals surface area contributed by atoms with E-state index in [1.165, 1.54) is 17.7 Å². The molecule has 0 aliphatic carbocycles. The highest BCUT2D eigenvalue weighted by Gasteiger charge is 2.07. The number of hydrogen-bond acceptors (Lipinski definition) is 4. The first-order valence-electron chi connectivity index (χ1n) is 6.31. The summed E-state index contributed by atoms with van der Waals surface area (Å²) < 4.78 is 5.55. The van der Waals surface area contributed by atoms with Crippen LogP contribution in [0.5, 0.6) is 5.75 Å². The third-order valence-electron chi connectivity index (χ3n) is 2.88. The van der Waals surface area contributed by atoms with Crippen molar-refractivity contribution in [3.05, 3.63) is 53.9 Å². The van der Waals surface area contributed by atoms with Gasteiger partial charge in [-0.15, -0.1) is 0 Å². The Morgan fingerprint density at radius 3 is 2.70 bits per heavy atom. The Morgan fingerprint density at radius 2 is 2.00 bits per heavy atom. The van der Waals surface area contributed by atoms with Gasteiger partial charge in [-0.2, -0.15) is 0 Å². The van der Waals surface area contributed by atoms with Crippen LogP contribution in [0.25, 0.3) is 0 Å². The van der Waals surface area contributed by atoms with Gasteiger partial charge in [0, 0.05) is 12.4 Å². The minimum Gasteiger partial charge on any atom is -0.491 e. The third-order valence-corrected chi connectivity index (χ3v) is 2.88. The molecule has 0 atom stereocenters. The summed E-state index contributed by atoms with van der Waals surface area (Å²) in [5.41, 5.74) is 7.56. The van der Waals surface area contributed by atoms with Crippen molar-refractivity contribution >= 4 is 11.7 Å². The van der Waals surface area contributed by atoms with Crippen LogP contribution in [0, 0.1) is 0 Å². The van der Waals surface area contributed by atoms with E-state index in [1.54, 1.807) is 18.5 Å². The Kier molecular flexibility index (Phi) is 4.55. The molecule has 5 heteroatoms. The number of aromatic nitrogens is 1. The molecule has 0 unspecified atom stereocenters. The van der Waals surface area contributed by atoms with Crippen LogP contribution in [-0.2, 0) is 6.42 Å². The molecule has 0 bridgehead atoms. The quantitative estimate of drug-likeness (QED) is 0.623. The second-order valence-electron chi connectivity index (χ2n) is 4.37. The number of nitrogen functional groups attached to an aromatic ring is 1. The van der Waals surface area contributed by atoms with Crippen molar-refractivity contribution in [1.82, 2.24) is 4.98 Å². The van der Waals surface area contributed by atoms with Gasteiger partial charge in [-0.1, -0.05) is 0 Å². The average Bonchev–Trinajstić information content (AvgIpc) is 2.46. The van der Waals surface area contributed by atoms with Crippen molar-refractivity contribution < 1.29 is 14.6 Å². The van der Waals surface area contributed by atoms with Gasteiger partial charge in [0.05, 0.1) is 17.9 Å². The molecule has 0 saturated carbocycles. The van der Waals surface area contributed by atoms with Gasteiger partial charge in [0.2, 0.25) is 0 Å². The van der Waals surface area contributed by atoms with E-state index in [2.05, 4.69) is 4.98 Å². The lowest BCUT2D eigenvalue weighted by Crippen LogP contribution is -2.04. The maximum atomic E-state index is 10.9. The topological polar surface area (TPSA) is 85.4 Å². The number of nitrogens with zero attached hydrogens (tertiary/aromatic N) is 1. The number of nitrogens with two attached hydrogens (primary N) is 1.